The number of pyridine rings is 1. The van der Waals surface area contributed by atoms with E-state index in [4.69, 9.17) is 0 Å². The smallest absolute Gasteiger partial charge is 0.240 e. The number of nitrogens with one attached hydrogen (secondary N) is 1. The van der Waals surface area contributed by atoms with E-state index < -0.39 is 0 Å². The molecule has 0 saturated carbocycles. The van der Waals surface area contributed by atoms with E-state index in [0.717, 1.165) is 11.4 Å². The van der Waals surface area contributed by atoms with Gasteiger partial charge in [0.15, 0.2) is 0 Å². The Hall–Kier alpha value is -2.34. The summed E-state index contributed by atoms with van der Waals surface area (Å²) < 4.78 is 0. The van der Waals surface area contributed by atoms with Crippen LogP contribution in [0.15, 0.2) is 53.7 Å². The maximum absolute atomic E-state index is 12.1. The summed E-state index contributed by atoms with van der Waals surface area (Å²) in [4.78, 5) is 30.0. The zero-order valence-electron chi connectivity index (χ0n) is 12.6. The van der Waals surface area contributed by atoms with Crippen molar-refractivity contribution in [2.24, 2.45) is 0 Å². The summed E-state index contributed by atoms with van der Waals surface area (Å²) in [6.45, 7) is 0.590. The number of carbonyl (C=O) groups is 2. The molecule has 0 saturated heterocycles. The van der Waals surface area contributed by atoms with Crippen LogP contribution < -0.4 is 10.2 Å². The minimum atomic E-state index is -0.156. The Morgan fingerprint density at radius 3 is 2.87 bits per heavy atom. The molecule has 5 nitrogen and oxygen atoms in total. The molecule has 0 unspecified atom stereocenters. The fourth-order valence-electron chi connectivity index (χ4n) is 2.41. The Kier molecular flexibility index (Phi) is 4.92. The van der Waals surface area contributed by atoms with Crippen molar-refractivity contribution in [2.75, 3.05) is 23.7 Å². The van der Waals surface area contributed by atoms with Crippen molar-refractivity contribution in [1.82, 2.24) is 10.3 Å². The first kappa shape index (κ1) is 15.6. The number of hydrogen-bond acceptors (Lipinski definition) is 4. The average Bonchev–Trinajstić information content (AvgIpc) is 2.58. The molecule has 2 aromatic rings. The van der Waals surface area contributed by atoms with Gasteiger partial charge in [0.1, 0.15) is 11.6 Å². The zero-order valence-corrected chi connectivity index (χ0v) is 13.4. The van der Waals surface area contributed by atoms with Crippen molar-refractivity contribution in [3.63, 3.8) is 0 Å². The first-order valence-corrected chi connectivity index (χ1v) is 8.41. The number of amides is 2. The van der Waals surface area contributed by atoms with Crippen LogP contribution in [0.3, 0.4) is 0 Å². The molecular formula is C17H17N3O2S. The number of nitrogens with zero attached hydrogens (tertiary/aromatic N) is 2. The van der Waals surface area contributed by atoms with Crippen LogP contribution in [0.5, 0.6) is 0 Å². The number of aromatic nitrogens is 1. The number of carbonyl (C=O) groups excluding carboxylic acids is 2. The summed E-state index contributed by atoms with van der Waals surface area (Å²) >= 11 is 1.41. The van der Waals surface area contributed by atoms with Crippen molar-refractivity contribution in [3.8, 4) is 0 Å². The minimum absolute atomic E-state index is 0.0346. The Labute approximate surface area is 139 Å². The summed E-state index contributed by atoms with van der Waals surface area (Å²) in [5.41, 5.74) is 1.89. The van der Waals surface area contributed by atoms with Crippen LogP contribution in [0.25, 0.3) is 0 Å². The molecule has 1 aliphatic heterocycles. The Morgan fingerprint density at radius 1 is 1.22 bits per heavy atom. The first-order valence-electron chi connectivity index (χ1n) is 7.43. The van der Waals surface area contributed by atoms with E-state index in [1.807, 2.05) is 36.4 Å². The Balaban J connectivity index is 1.56. The van der Waals surface area contributed by atoms with Gasteiger partial charge in [0, 0.05) is 12.7 Å². The van der Waals surface area contributed by atoms with Crippen molar-refractivity contribution in [1.29, 1.82) is 0 Å². The molecule has 0 spiro atoms. The van der Waals surface area contributed by atoms with Crippen molar-refractivity contribution >= 4 is 29.3 Å². The number of benzene rings is 1. The lowest BCUT2D eigenvalue weighted by molar-refractivity contribution is -0.122. The second-order valence-electron chi connectivity index (χ2n) is 5.18. The maximum Gasteiger partial charge on any atom is 0.240 e. The van der Waals surface area contributed by atoms with Crippen LogP contribution >= 0.6 is 11.8 Å². The third-order valence-corrected chi connectivity index (χ3v) is 4.53. The Bertz CT molecular complexity index is 706. The number of rotatable bonds is 5. The summed E-state index contributed by atoms with van der Waals surface area (Å²) in [6.07, 6.45) is 2.47. The molecule has 1 aromatic heterocycles. The van der Waals surface area contributed by atoms with Crippen LogP contribution in [0, 0.1) is 0 Å². The van der Waals surface area contributed by atoms with Gasteiger partial charge in [-0.25, -0.2) is 4.98 Å². The fourth-order valence-corrected chi connectivity index (χ4v) is 3.28. The van der Waals surface area contributed by atoms with E-state index in [1.165, 1.54) is 22.2 Å². The molecule has 2 amide bonds. The van der Waals surface area contributed by atoms with E-state index >= 15 is 0 Å². The van der Waals surface area contributed by atoms with Crippen LogP contribution in [0.1, 0.15) is 5.56 Å². The van der Waals surface area contributed by atoms with Crippen molar-refractivity contribution in [3.05, 3.63) is 54.2 Å². The van der Waals surface area contributed by atoms with Gasteiger partial charge < -0.3 is 5.32 Å². The number of fused-ring (bicyclic) bond motifs is 1. The average molecular weight is 327 g/mol. The standard InChI is InChI=1S/C17H17N3O2S/c21-15(18-10-8-13-5-2-1-3-6-13)11-20-14-7-4-9-19-17(14)23-12-16(20)22/h1-7,9H,8,10-12H2,(H,18,21). The summed E-state index contributed by atoms with van der Waals surface area (Å²) in [5, 5.41) is 3.67. The lowest BCUT2D eigenvalue weighted by Gasteiger charge is -2.27. The Morgan fingerprint density at radius 2 is 2.04 bits per heavy atom. The van der Waals surface area contributed by atoms with E-state index in [2.05, 4.69) is 10.3 Å². The highest BCUT2D eigenvalue weighted by Crippen LogP contribution is 2.32. The maximum atomic E-state index is 12.1. The highest BCUT2D eigenvalue weighted by Gasteiger charge is 2.26. The first-order chi connectivity index (χ1) is 11.2. The summed E-state index contributed by atoms with van der Waals surface area (Å²) in [6, 6.07) is 13.6. The van der Waals surface area contributed by atoms with Gasteiger partial charge in [0.05, 0.1) is 11.4 Å². The number of thioether (sulfide) groups is 1. The molecule has 0 atom stereocenters. The van der Waals surface area contributed by atoms with Crippen molar-refractivity contribution in [2.45, 2.75) is 11.4 Å². The third kappa shape index (κ3) is 3.90. The quantitative estimate of drug-likeness (QED) is 0.911. The summed E-state index contributed by atoms with van der Waals surface area (Å²) in [7, 11) is 0. The molecule has 3 rings (SSSR count). The van der Waals surface area contributed by atoms with Gasteiger partial charge in [-0.05, 0) is 24.1 Å². The topological polar surface area (TPSA) is 62.3 Å². The molecule has 0 fully saturated rings. The second-order valence-corrected chi connectivity index (χ2v) is 6.15. The number of hydrogen-bond donors (Lipinski definition) is 1. The van der Waals surface area contributed by atoms with Gasteiger partial charge >= 0.3 is 0 Å². The lowest BCUT2D eigenvalue weighted by atomic mass is 10.1. The predicted molar refractivity (Wildman–Crippen MR) is 90.5 cm³/mol. The van der Waals surface area contributed by atoms with E-state index in [-0.39, 0.29) is 18.4 Å². The molecule has 6 heteroatoms. The van der Waals surface area contributed by atoms with Gasteiger partial charge in [-0.15, -0.1) is 0 Å². The van der Waals surface area contributed by atoms with Gasteiger partial charge in [-0.1, -0.05) is 42.1 Å². The van der Waals surface area contributed by atoms with Crippen LogP contribution in [-0.2, 0) is 16.0 Å². The molecule has 23 heavy (non-hydrogen) atoms. The van der Waals surface area contributed by atoms with E-state index in [1.54, 1.807) is 12.3 Å². The van der Waals surface area contributed by atoms with Crippen molar-refractivity contribution < 1.29 is 9.59 Å². The van der Waals surface area contributed by atoms with Gasteiger partial charge in [0.2, 0.25) is 11.8 Å². The molecule has 118 valence electrons. The highest BCUT2D eigenvalue weighted by molar-refractivity contribution is 8.00. The zero-order chi connectivity index (χ0) is 16.1. The fraction of sp³-hybridized carbons (Fsp3) is 0.235. The normalized spacial score (nSPS) is 13.6. The molecule has 0 aliphatic carbocycles. The molecule has 1 aliphatic rings. The van der Waals surface area contributed by atoms with Gasteiger partial charge in [-0.2, -0.15) is 0 Å². The van der Waals surface area contributed by atoms with E-state index in [9.17, 15) is 9.59 Å². The summed E-state index contributed by atoms with van der Waals surface area (Å²) in [5.74, 6) is 0.103. The van der Waals surface area contributed by atoms with Crippen LogP contribution in [0.2, 0.25) is 0 Å². The second kappa shape index (κ2) is 7.28. The molecule has 1 aromatic carbocycles. The number of anilines is 1. The minimum Gasteiger partial charge on any atom is -0.354 e. The van der Waals surface area contributed by atoms with Gasteiger partial charge in [0.25, 0.3) is 0 Å². The molecular weight excluding hydrogens is 310 g/mol. The molecule has 1 N–H and O–H groups in total. The third-order valence-electron chi connectivity index (χ3n) is 3.56. The lowest BCUT2D eigenvalue weighted by Crippen LogP contribution is -2.43. The van der Waals surface area contributed by atoms with Gasteiger partial charge in [-0.3, -0.25) is 14.5 Å². The molecule has 0 radical (unpaired) electrons. The van der Waals surface area contributed by atoms with Crippen LogP contribution in [0.4, 0.5) is 5.69 Å². The van der Waals surface area contributed by atoms with Crippen LogP contribution in [-0.4, -0.2) is 35.6 Å². The highest BCUT2D eigenvalue weighted by atomic mass is 32.2. The monoisotopic (exact) mass is 327 g/mol. The SMILES string of the molecule is O=C(CN1C(=O)CSc2ncccc21)NCCc1ccccc1. The molecule has 0 bridgehead atoms. The molecule has 2 heterocycles. The predicted octanol–water partition coefficient (Wildman–Crippen LogP) is 1.88. The van der Waals surface area contributed by atoms with E-state index in [0.29, 0.717) is 18.0 Å². The largest absolute Gasteiger partial charge is 0.354 e.